The van der Waals surface area contributed by atoms with Crippen molar-refractivity contribution in [3.63, 3.8) is 0 Å². The van der Waals surface area contributed by atoms with Gasteiger partial charge in [-0.3, -0.25) is 15.6 Å². The van der Waals surface area contributed by atoms with Crippen molar-refractivity contribution in [3.05, 3.63) is 25.1 Å². The van der Waals surface area contributed by atoms with E-state index in [0.717, 1.165) is 0 Å². The van der Waals surface area contributed by atoms with Gasteiger partial charge in [0.1, 0.15) is 42.7 Å². The molecule has 0 aromatic heterocycles. The molecule has 2 saturated heterocycles. The van der Waals surface area contributed by atoms with Gasteiger partial charge in [0.2, 0.25) is 0 Å². The third kappa shape index (κ3) is 10.2. The Morgan fingerprint density at radius 3 is 1.79 bits per heavy atom. The molecule has 1 aromatic rings. The standard InChI is InChI=1S/C21H39N7O12.C6HCl5O.Na/c1-5-21(36,4-30)16(40-17-9(26-2)13(34)10(31)6(3-29)38-17)18(37-5)39-15-8(28-20(24)25)11(32)7(27-19(22)23)12(33)14(15)35;7-1-2(8)4(10)6(12)5(11)3(1)9;/h4-18,26,29,31-36H,3H2,1-2H3,(H4,22,23,27)(H4,24,25,28);12H;/q;;+1/p-1/t5-,6-,7+,8-,9-,10-,11+,12-,13-,14+,15+,16-,17-,18-,21+;;/m0../s1. The molecule has 53 heavy (non-hydrogen) atoms. The van der Waals surface area contributed by atoms with Crippen LogP contribution in [0.3, 0.4) is 0 Å². The number of hydrogen-bond acceptors (Lipinski definition) is 16. The molecule has 0 unspecified atom stereocenters. The predicted molar refractivity (Wildman–Crippen MR) is 182 cm³/mol. The first-order valence-electron chi connectivity index (χ1n) is 15.1. The third-order valence-corrected chi connectivity index (χ3v) is 10.9. The number of aliphatic hydroxyl groups is 7. The summed E-state index contributed by atoms with van der Waals surface area (Å²) in [7, 11) is 1.41. The fraction of sp³-hybridized carbons (Fsp3) is 0.667. The van der Waals surface area contributed by atoms with Crippen molar-refractivity contribution in [2.45, 2.75) is 98.2 Å². The summed E-state index contributed by atoms with van der Waals surface area (Å²) in [6, 6.07) is -3.95. The van der Waals surface area contributed by atoms with Gasteiger partial charge in [-0.05, 0) is 14.0 Å². The summed E-state index contributed by atoms with van der Waals surface area (Å²) in [6.07, 6.45) is -17.3. The summed E-state index contributed by atoms with van der Waals surface area (Å²) in [5, 5.41) is 107. The number of guanidine groups is 2. The minimum absolute atomic E-state index is 0. The second-order valence-corrected chi connectivity index (χ2v) is 13.8. The van der Waals surface area contributed by atoms with E-state index in [1.807, 2.05) is 0 Å². The summed E-state index contributed by atoms with van der Waals surface area (Å²) in [4.78, 5) is 12.1. The topological polar surface area (TPSA) is 354 Å². The van der Waals surface area contributed by atoms with Crippen molar-refractivity contribution < 1.29 is 94.2 Å². The first-order chi connectivity index (χ1) is 24.2. The van der Waals surface area contributed by atoms with Crippen molar-refractivity contribution in [2.75, 3.05) is 13.7 Å². The van der Waals surface area contributed by atoms with Gasteiger partial charge < -0.3 is 87.2 Å². The number of halogens is 5. The van der Waals surface area contributed by atoms with Gasteiger partial charge in [-0.2, -0.15) is 0 Å². The number of aliphatic hydroxyl groups excluding tert-OH is 6. The molecule has 15 atom stereocenters. The van der Waals surface area contributed by atoms with Gasteiger partial charge in [-0.25, -0.2) is 0 Å². The van der Waals surface area contributed by atoms with Crippen LogP contribution in [0.25, 0.3) is 0 Å². The molecule has 1 aliphatic carbocycles. The number of ether oxygens (including phenoxy) is 4. The average molecular weight is 870 g/mol. The number of nitrogens with one attached hydrogen (secondary N) is 5. The Labute approximate surface area is 349 Å². The van der Waals surface area contributed by atoms with Gasteiger partial charge in [-0.15, -0.1) is 0 Å². The Kier molecular flexibility index (Phi) is 18.3. The molecule has 0 bridgehead atoms. The Morgan fingerprint density at radius 1 is 0.830 bits per heavy atom. The smallest absolute Gasteiger partial charge is 0.870 e. The van der Waals surface area contributed by atoms with Gasteiger partial charge in [0.15, 0.2) is 36.4 Å². The molecule has 16 N–H and O–H groups in total. The Morgan fingerprint density at radius 2 is 1.32 bits per heavy atom. The molecular weight excluding hydrogens is 831 g/mol. The fourth-order valence-electron chi connectivity index (χ4n) is 5.76. The van der Waals surface area contributed by atoms with Crippen molar-refractivity contribution in [1.82, 2.24) is 16.0 Å². The predicted octanol–water partition coefficient (Wildman–Crippen LogP) is -6.71. The van der Waals surface area contributed by atoms with Crippen LogP contribution >= 0.6 is 58.0 Å². The quantitative estimate of drug-likeness (QED) is 0.0274. The summed E-state index contributed by atoms with van der Waals surface area (Å²) in [6.45, 7) is 0.613. The van der Waals surface area contributed by atoms with Gasteiger partial charge >= 0.3 is 29.6 Å². The number of aldehydes is 1. The molecule has 20 nitrogen and oxygen atoms in total. The molecule has 3 fully saturated rings. The van der Waals surface area contributed by atoms with E-state index in [4.69, 9.17) is 99.2 Å². The molecule has 2 aliphatic heterocycles. The zero-order chi connectivity index (χ0) is 39.6. The van der Waals surface area contributed by atoms with E-state index in [9.17, 15) is 45.6 Å². The maximum absolute atomic E-state index is 12.1. The summed E-state index contributed by atoms with van der Waals surface area (Å²) in [5.41, 5.74) is 8.38. The maximum atomic E-state index is 12.1. The van der Waals surface area contributed by atoms with Gasteiger partial charge in [0, 0.05) is 0 Å². The van der Waals surface area contributed by atoms with Crippen LogP contribution in [-0.4, -0.2) is 159 Å². The van der Waals surface area contributed by atoms with E-state index in [2.05, 4.69) is 16.0 Å². The van der Waals surface area contributed by atoms with Crippen LogP contribution < -0.4 is 62.1 Å². The molecular formula is C27H39Cl5N7NaO13. The van der Waals surface area contributed by atoms with Crippen LogP contribution in [0.1, 0.15) is 6.92 Å². The van der Waals surface area contributed by atoms with Crippen LogP contribution in [0.5, 0.6) is 5.75 Å². The minimum Gasteiger partial charge on any atom is -0.870 e. The Bertz CT molecular complexity index is 1360. The largest absolute Gasteiger partial charge is 1.00 e. The van der Waals surface area contributed by atoms with Gasteiger partial charge in [0.05, 0.1) is 62.1 Å². The number of carbonyl (C=O) groups excluding carboxylic acids is 1. The van der Waals surface area contributed by atoms with E-state index < -0.39 is 116 Å². The van der Waals surface area contributed by atoms with E-state index >= 15 is 0 Å². The molecule has 1 saturated carbocycles. The first-order valence-corrected chi connectivity index (χ1v) is 17.0. The number of hydrogen-bond donors (Lipinski definition) is 14. The van der Waals surface area contributed by atoms with Crippen molar-refractivity contribution >= 4 is 76.2 Å². The number of rotatable bonds is 9. The molecule has 2 heterocycles. The van der Waals surface area contributed by atoms with Crippen molar-refractivity contribution in [2.24, 2.45) is 11.5 Å². The number of likely N-dealkylation sites (N-methyl/N-ethyl adjacent to an activating group) is 1. The molecule has 0 spiro atoms. The molecule has 296 valence electrons. The van der Waals surface area contributed by atoms with E-state index in [0.29, 0.717) is 0 Å². The third-order valence-electron chi connectivity index (χ3n) is 8.63. The Hall–Kier alpha value is -0.800. The molecule has 26 heteroatoms. The molecule has 0 radical (unpaired) electrons. The van der Waals surface area contributed by atoms with Crippen LogP contribution in [0.4, 0.5) is 0 Å². The summed E-state index contributed by atoms with van der Waals surface area (Å²) < 4.78 is 22.9. The monoisotopic (exact) mass is 867 g/mol. The molecule has 4 rings (SSSR count). The average Bonchev–Trinajstić information content (AvgIpc) is 3.33. The second-order valence-electron chi connectivity index (χ2n) is 11.9. The zero-order valence-corrected chi connectivity index (χ0v) is 33.8. The van der Waals surface area contributed by atoms with E-state index in [-0.39, 0.29) is 61.0 Å². The SMILES string of the molecule is CN[C@@H]1[C@H](O[C@H]2[C@H](O[C@H]3[C@H](O)[C@@H](O)[C@H](NC(=N)N)[C@@H](O)[C@@H]3NC(=N)N)O[C@@H](C)[C@]2(O)C=O)O[C@@H](CO)[C@H](O)[C@H]1O.[Na+].[O-]c1c(Cl)c(Cl)c(Cl)c(Cl)c1Cl. The van der Waals surface area contributed by atoms with Crippen LogP contribution in [0.15, 0.2) is 0 Å². The summed E-state index contributed by atoms with van der Waals surface area (Å²) >= 11 is 27.7. The second kappa shape index (κ2) is 20.1. The van der Waals surface area contributed by atoms with Crippen LogP contribution in [-0.2, 0) is 23.7 Å². The van der Waals surface area contributed by atoms with E-state index in [1.165, 1.54) is 14.0 Å². The Balaban J connectivity index is 0.000000634. The number of nitrogens with two attached hydrogens (primary N) is 2. The molecule has 3 aliphatic rings. The normalized spacial score (nSPS) is 38.2. The van der Waals surface area contributed by atoms with Crippen LogP contribution in [0.2, 0.25) is 25.1 Å². The first kappa shape index (κ1) is 48.3. The number of benzene rings is 1. The molecule has 1 aromatic carbocycles. The van der Waals surface area contributed by atoms with Crippen molar-refractivity contribution in [3.8, 4) is 5.75 Å². The summed E-state index contributed by atoms with van der Waals surface area (Å²) in [5.74, 6) is -1.90. The van der Waals surface area contributed by atoms with Crippen molar-refractivity contribution in [1.29, 1.82) is 10.8 Å². The van der Waals surface area contributed by atoms with Gasteiger partial charge in [-0.1, -0.05) is 63.8 Å². The van der Waals surface area contributed by atoms with Crippen LogP contribution in [0, 0.1) is 10.8 Å². The molecule has 0 amide bonds. The fourth-order valence-corrected chi connectivity index (χ4v) is 6.88. The van der Waals surface area contributed by atoms with E-state index in [1.54, 1.807) is 0 Å². The van der Waals surface area contributed by atoms with Gasteiger partial charge in [0.25, 0.3) is 0 Å². The number of carbonyl (C=O) groups is 1. The minimum atomic E-state index is -2.39. The zero-order valence-electron chi connectivity index (χ0n) is 28.0. The maximum Gasteiger partial charge on any atom is 1.00 e.